The molecule has 108 valence electrons. The van der Waals surface area contributed by atoms with Gasteiger partial charge in [-0.15, -0.1) is 10.2 Å². The van der Waals surface area contributed by atoms with Crippen LogP contribution in [0.1, 0.15) is 40.2 Å². The number of rotatable bonds is 5. The first-order chi connectivity index (χ1) is 9.46. The third kappa shape index (κ3) is 4.13. The third-order valence-electron chi connectivity index (χ3n) is 3.07. The van der Waals surface area contributed by atoms with Crippen molar-refractivity contribution < 1.29 is 0 Å². The third-order valence-corrected chi connectivity index (χ3v) is 3.07. The predicted octanol–water partition coefficient (Wildman–Crippen LogP) is 2.68. The van der Waals surface area contributed by atoms with Gasteiger partial charge in [0.1, 0.15) is 0 Å². The second-order valence-corrected chi connectivity index (χ2v) is 6.11. The van der Waals surface area contributed by atoms with Gasteiger partial charge in [0.15, 0.2) is 0 Å². The van der Waals surface area contributed by atoms with Crippen LogP contribution in [0.25, 0.3) is 11.4 Å². The van der Waals surface area contributed by atoms with E-state index < -0.39 is 0 Å². The van der Waals surface area contributed by atoms with Gasteiger partial charge in [-0.3, -0.25) is 0 Å². The van der Waals surface area contributed by atoms with Crippen LogP contribution < -0.4 is 5.32 Å². The summed E-state index contributed by atoms with van der Waals surface area (Å²) in [5.74, 6) is 0.682. The first-order valence-corrected chi connectivity index (χ1v) is 7.06. The molecule has 0 aliphatic rings. The number of hydrogen-bond acceptors (Lipinski definition) is 4. The van der Waals surface area contributed by atoms with Gasteiger partial charge in [-0.1, -0.05) is 30.3 Å². The molecule has 0 fully saturated rings. The molecule has 0 amide bonds. The Morgan fingerprint density at radius 3 is 2.55 bits per heavy atom. The molecule has 5 heteroatoms. The highest BCUT2D eigenvalue weighted by molar-refractivity contribution is 5.52. The Morgan fingerprint density at radius 1 is 1.20 bits per heavy atom. The first-order valence-electron chi connectivity index (χ1n) is 7.06. The Kier molecular flexibility index (Phi) is 4.49. The summed E-state index contributed by atoms with van der Waals surface area (Å²) in [5, 5.41) is 16.2. The van der Waals surface area contributed by atoms with Crippen LogP contribution in [-0.4, -0.2) is 32.3 Å². The van der Waals surface area contributed by atoms with Gasteiger partial charge in [0.2, 0.25) is 5.82 Å². The van der Waals surface area contributed by atoms with Gasteiger partial charge >= 0.3 is 0 Å². The summed E-state index contributed by atoms with van der Waals surface area (Å²) in [6, 6.07) is 10.2. The Bertz CT molecular complexity index is 527. The molecule has 5 nitrogen and oxygen atoms in total. The van der Waals surface area contributed by atoms with Crippen molar-refractivity contribution in [3.8, 4) is 11.4 Å². The Morgan fingerprint density at radius 2 is 1.90 bits per heavy atom. The Hall–Kier alpha value is -1.75. The number of hydrogen-bond donors (Lipinski definition) is 1. The van der Waals surface area contributed by atoms with E-state index in [0.29, 0.717) is 5.82 Å². The second-order valence-electron chi connectivity index (χ2n) is 6.11. The zero-order chi connectivity index (χ0) is 14.6. The molecule has 1 aromatic carbocycles. The van der Waals surface area contributed by atoms with Crippen molar-refractivity contribution in [1.29, 1.82) is 0 Å². The highest BCUT2D eigenvalue weighted by Crippen LogP contribution is 2.14. The molecule has 2 rings (SSSR count). The second kappa shape index (κ2) is 6.13. The fraction of sp³-hybridized carbons (Fsp3) is 0.533. The van der Waals surface area contributed by atoms with Crippen LogP contribution in [0.5, 0.6) is 0 Å². The van der Waals surface area contributed by atoms with Crippen molar-refractivity contribution in [3.63, 3.8) is 0 Å². The van der Waals surface area contributed by atoms with Crippen molar-refractivity contribution in [2.24, 2.45) is 0 Å². The number of tetrazole rings is 1. The van der Waals surface area contributed by atoms with Gasteiger partial charge < -0.3 is 5.32 Å². The van der Waals surface area contributed by atoms with Gasteiger partial charge in [0.05, 0.1) is 6.04 Å². The van der Waals surface area contributed by atoms with Crippen molar-refractivity contribution in [1.82, 2.24) is 25.5 Å². The SMILES string of the molecule is CC(CCNC(C)(C)C)n1nnc(-c2ccccc2)n1. The van der Waals surface area contributed by atoms with Crippen LogP contribution >= 0.6 is 0 Å². The van der Waals surface area contributed by atoms with Crippen LogP contribution in [0.15, 0.2) is 30.3 Å². The van der Waals surface area contributed by atoms with Crippen LogP contribution in [0.4, 0.5) is 0 Å². The zero-order valence-corrected chi connectivity index (χ0v) is 12.7. The Balaban J connectivity index is 1.95. The molecule has 0 spiro atoms. The van der Waals surface area contributed by atoms with Crippen LogP contribution in [-0.2, 0) is 0 Å². The largest absolute Gasteiger partial charge is 0.312 e. The molecular formula is C15H23N5. The van der Waals surface area contributed by atoms with Crippen molar-refractivity contribution >= 4 is 0 Å². The molecule has 1 N–H and O–H groups in total. The lowest BCUT2D eigenvalue weighted by Crippen LogP contribution is -2.37. The lowest BCUT2D eigenvalue weighted by atomic mass is 10.1. The maximum atomic E-state index is 4.46. The summed E-state index contributed by atoms with van der Waals surface area (Å²) < 4.78 is 0. The van der Waals surface area contributed by atoms with E-state index in [1.54, 1.807) is 4.80 Å². The quantitative estimate of drug-likeness (QED) is 0.910. The molecule has 0 aliphatic carbocycles. The van der Waals surface area contributed by atoms with E-state index >= 15 is 0 Å². The van der Waals surface area contributed by atoms with Gasteiger partial charge in [0, 0.05) is 11.1 Å². The van der Waals surface area contributed by atoms with Gasteiger partial charge in [-0.2, -0.15) is 4.80 Å². The monoisotopic (exact) mass is 273 g/mol. The summed E-state index contributed by atoms with van der Waals surface area (Å²) in [7, 11) is 0. The average molecular weight is 273 g/mol. The van der Waals surface area contributed by atoms with Crippen LogP contribution in [0, 0.1) is 0 Å². The minimum absolute atomic E-state index is 0.144. The Labute approximate surface area is 120 Å². The molecule has 0 bridgehead atoms. The van der Waals surface area contributed by atoms with Gasteiger partial charge in [-0.05, 0) is 45.9 Å². The molecule has 2 aromatic rings. The predicted molar refractivity (Wildman–Crippen MR) is 80.3 cm³/mol. The van der Waals surface area contributed by atoms with E-state index in [1.807, 2.05) is 30.3 Å². The first kappa shape index (κ1) is 14.7. The molecule has 0 saturated heterocycles. The topological polar surface area (TPSA) is 55.6 Å². The van der Waals surface area contributed by atoms with E-state index in [2.05, 4.69) is 48.4 Å². The van der Waals surface area contributed by atoms with Crippen LogP contribution in [0.2, 0.25) is 0 Å². The van der Waals surface area contributed by atoms with E-state index in [1.165, 1.54) is 0 Å². The van der Waals surface area contributed by atoms with E-state index in [0.717, 1.165) is 18.5 Å². The molecule has 1 unspecified atom stereocenters. The molecule has 1 heterocycles. The minimum Gasteiger partial charge on any atom is -0.312 e. The lowest BCUT2D eigenvalue weighted by molar-refractivity contribution is 0.357. The van der Waals surface area contributed by atoms with Crippen LogP contribution in [0.3, 0.4) is 0 Å². The summed E-state index contributed by atoms with van der Waals surface area (Å²) in [6.07, 6.45) is 0.974. The summed E-state index contributed by atoms with van der Waals surface area (Å²) in [5.41, 5.74) is 1.14. The zero-order valence-electron chi connectivity index (χ0n) is 12.7. The van der Waals surface area contributed by atoms with Crippen molar-refractivity contribution in [2.45, 2.75) is 45.7 Å². The molecule has 20 heavy (non-hydrogen) atoms. The highest BCUT2D eigenvalue weighted by atomic mass is 15.6. The standard InChI is InChI=1S/C15H23N5/c1-12(10-11-16-15(2,3)4)20-18-14(17-19-20)13-8-6-5-7-9-13/h5-9,12,16H,10-11H2,1-4H3. The summed E-state index contributed by atoms with van der Waals surface area (Å²) in [4.78, 5) is 1.70. The number of benzene rings is 1. The lowest BCUT2D eigenvalue weighted by Gasteiger charge is -2.21. The summed E-state index contributed by atoms with van der Waals surface area (Å²) in [6.45, 7) is 9.55. The minimum atomic E-state index is 0.144. The molecule has 0 saturated carbocycles. The van der Waals surface area contributed by atoms with Crippen molar-refractivity contribution in [2.75, 3.05) is 6.54 Å². The number of aromatic nitrogens is 4. The molecular weight excluding hydrogens is 250 g/mol. The number of nitrogens with zero attached hydrogens (tertiary/aromatic N) is 4. The average Bonchev–Trinajstić information content (AvgIpc) is 2.88. The fourth-order valence-electron chi connectivity index (χ4n) is 1.89. The maximum absolute atomic E-state index is 4.46. The maximum Gasteiger partial charge on any atom is 0.204 e. The van der Waals surface area contributed by atoms with Crippen molar-refractivity contribution in [3.05, 3.63) is 30.3 Å². The smallest absolute Gasteiger partial charge is 0.204 e. The summed E-state index contributed by atoms with van der Waals surface area (Å²) >= 11 is 0. The normalized spacial score (nSPS) is 13.4. The molecule has 1 atom stereocenters. The molecule has 0 aliphatic heterocycles. The van der Waals surface area contributed by atoms with Gasteiger partial charge in [0.25, 0.3) is 0 Å². The molecule has 1 aromatic heterocycles. The number of nitrogens with one attached hydrogen (secondary N) is 1. The fourth-order valence-corrected chi connectivity index (χ4v) is 1.89. The van der Waals surface area contributed by atoms with E-state index in [4.69, 9.17) is 0 Å². The van der Waals surface area contributed by atoms with E-state index in [-0.39, 0.29) is 11.6 Å². The highest BCUT2D eigenvalue weighted by Gasteiger charge is 2.13. The van der Waals surface area contributed by atoms with E-state index in [9.17, 15) is 0 Å². The van der Waals surface area contributed by atoms with Gasteiger partial charge in [-0.25, -0.2) is 0 Å². The molecule has 0 radical (unpaired) electrons.